The molecule has 2 unspecified atom stereocenters. The van der Waals surface area contributed by atoms with Gasteiger partial charge in [-0.3, -0.25) is 4.90 Å². The first-order chi connectivity index (χ1) is 6.26. The van der Waals surface area contributed by atoms with Crippen molar-refractivity contribution in [2.45, 2.75) is 18.9 Å². The van der Waals surface area contributed by atoms with E-state index in [0.717, 1.165) is 25.9 Å². The molecule has 0 spiro atoms. The van der Waals surface area contributed by atoms with Gasteiger partial charge in [0.2, 0.25) is 0 Å². The van der Waals surface area contributed by atoms with Crippen LogP contribution in [0.2, 0.25) is 0 Å². The van der Waals surface area contributed by atoms with Crippen molar-refractivity contribution >= 4 is 0 Å². The maximum atomic E-state index is 8.81. The molecule has 0 amide bonds. The molecule has 13 heavy (non-hydrogen) atoms. The average Bonchev–Trinajstić information content (AvgIpc) is 2.04. The van der Waals surface area contributed by atoms with Crippen molar-refractivity contribution in [1.82, 2.24) is 4.90 Å². The molecule has 1 rings (SSSR count). The molecule has 0 aromatic carbocycles. The third kappa shape index (κ3) is 3.60. The quantitative estimate of drug-likeness (QED) is 0.530. The summed E-state index contributed by atoms with van der Waals surface area (Å²) in [6.07, 6.45) is 1.83. The molecule has 1 saturated heterocycles. The van der Waals surface area contributed by atoms with Gasteiger partial charge in [0.25, 0.3) is 0 Å². The van der Waals surface area contributed by atoms with Gasteiger partial charge >= 0.3 is 0 Å². The summed E-state index contributed by atoms with van der Waals surface area (Å²) in [4.78, 5) is 2.18. The summed E-state index contributed by atoms with van der Waals surface area (Å²) in [5.41, 5.74) is 5.87. The first kappa shape index (κ1) is 10.9. The van der Waals surface area contributed by atoms with Gasteiger partial charge < -0.3 is 15.9 Å². The summed E-state index contributed by atoms with van der Waals surface area (Å²) >= 11 is 0. The van der Waals surface area contributed by atoms with Crippen molar-refractivity contribution in [2.24, 2.45) is 11.7 Å². The Balaban J connectivity index is 2.33. The zero-order chi connectivity index (χ0) is 9.68. The molecule has 0 radical (unpaired) electrons. The number of aliphatic hydroxyl groups excluding tert-OH is 2. The highest BCUT2D eigenvalue weighted by molar-refractivity contribution is 4.80. The van der Waals surface area contributed by atoms with Gasteiger partial charge in [-0.25, -0.2) is 0 Å². The van der Waals surface area contributed by atoms with Crippen LogP contribution in [0.4, 0.5) is 0 Å². The average molecular weight is 188 g/mol. The minimum atomic E-state index is 0.193. The summed E-state index contributed by atoms with van der Waals surface area (Å²) in [5.74, 6) is 0.500. The molecule has 0 aromatic rings. The second kappa shape index (κ2) is 5.54. The fourth-order valence-electron chi connectivity index (χ4n) is 2.06. The van der Waals surface area contributed by atoms with Gasteiger partial charge in [0.1, 0.15) is 0 Å². The lowest BCUT2D eigenvalue weighted by molar-refractivity contribution is 0.112. The summed E-state index contributed by atoms with van der Waals surface area (Å²) in [7, 11) is 0. The molecule has 1 aliphatic rings. The Labute approximate surface area is 79.3 Å². The second-order valence-corrected chi connectivity index (χ2v) is 3.86. The molecule has 0 aromatic heterocycles. The van der Waals surface area contributed by atoms with Gasteiger partial charge in [0.05, 0.1) is 6.61 Å². The number of piperidine rings is 1. The largest absolute Gasteiger partial charge is 0.396 e. The SMILES string of the molecule is NC1CC(CCO)CN(CCO)C1. The van der Waals surface area contributed by atoms with Crippen LogP contribution in [-0.2, 0) is 0 Å². The number of rotatable bonds is 4. The molecular formula is C9H20N2O2. The van der Waals surface area contributed by atoms with Crippen LogP contribution in [0.3, 0.4) is 0 Å². The van der Waals surface area contributed by atoms with E-state index in [1.54, 1.807) is 0 Å². The Morgan fingerprint density at radius 3 is 2.62 bits per heavy atom. The Morgan fingerprint density at radius 2 is 2.00 bits per heavy atom. The van der Waals surface area contributed by atoms with E-state index >= 15 is 0 Å². The van der Waals surface area contributed by atoms with Gasteiger partial charge in [-0.1, -0.05) is 0 Å². The molecule has 1 heterocycles. The van der Waals surface area contributed by atoms with Crippen LogP contribution in [0.15, 0.2) is 0 Å². The van der Waals surface area contributed by atoms with E-state index in [9.17, 15) is 0 Å². The standard InChI is InChI=1S/C9H20N2O2/c10-9-5-8(1-3-12)6-11(7-9)2-4-13/h8-9,12-13H,1-7,10H2. The van der Waals surface area contributed by atoms with E-state index in [1.165, 1.54) is 0 Å². The topological polar surface area (TPSA) is 69.7 Å². The van der Waals surface area contributed by atoms with Crippen LogP contribution >= 0.6 is 0 Å². The molecule has 0 bridgehead atoms. The zero-order valence-corrected chi connectivity index (χ0v) is 8.02. The number of hydrogen-bond donors (Lipinski definition) is 3. The lowest BCUT2D eigenvalue weighted by atomic mass is 9.92. The minimum Gasteiger partial charge on any atom is -0.396 e. The third-order valence-corrected chi connectivity index (χ3v) is 2.60. The molecule has 78 valence electrons. The predicted octanol–water partition coefficient (Wildman–Crippen LogP) is -0.990. The number of likely N-dealkylation sites (tertiary alicyclic amines) is 1. The van der Waals surface area contributed by atoms with E-state index in [0.29, 0.717) is 12.5 Å². The van der Waals surface area contributed by atoms with Crippen LogP contribution in [0, 0.1) is 5.92 Å². The molecule has 1 fully saturated rings. The lowest BCUT2D eigenvalue weighted by Crippen LogP contribution is -2.48. The number of β-amino-alcohol motifs (C(OH)–C–C–N with tert-alkyl or cyclic N) is 1. The van der Waals surface area contributed by atoms with E-state index < -0.39 is 0 Å². The van der Waals surface area contributed by atoms with Crippen LogP contribution in [0.25, 0.3) is 0 Å². The maximum absolute atomic E-state index is 8.81. The molecule has 4 nitrogen and oxygen atoms in total. The lowest BCUT2D eigenvalue weighted by Gasteiger charge is -2.35. The summed E-state index contributed by atoms with van der Waals surface area (Å²) in [5, 5.41) is 17.6. The Hall–Kier alpha value is -0.160. The number of aliphatic hydroxyl groups is 2. The molecule has 0 saturated carbocycles. The molecule has 4 N–H and O–H groups in total. The van der Waals surface area contributed by atoms with Gasteiger partial charge in [0.15, 0.2) is 0 Å². The van der Waals surface area contributed by atoms with Crippen LogP contribution < -0.4 is 5.73 Å². The van der Waals surface area contributed by atoms with Crippen LogP contribution in [0.1, 0.15) is 12.8 Å². The molecular weight excluding hydrogens is 168 g/mol. The van der Waals surface area contributed by atoms with Gasteiger partial charge in [-0.2, -0.15) is 0 Å². The van der Waals surface area contributed by atoms with Gasteiger partial charge in [-0.05, 0) is 18.8 Å². The Bertz CT molecular complexity index is 130. The van der Waals surface area contributed by atoms with Crippen molar-refractivity contribution in [3.8, 4) is 0 Å². The fraction of sp³-hybridized carbons (Fsp3) is 1.00. The third-order valence-electron chi connectivity index (χ3n) is 2.60. The minimum absolute atomic E-state index is 0.193. The Kier molecular flexibility index (Phi) is 4.66. The van der Waals surface area contributed by atoms with Crippen LogP contribution in [0.5, 0.6) is 0 Å². The van der Waals surface area contributed by atoms with E-state index in [-0.39, 0.29) is 19.3 Å². The highest BCUT2D eigenvalue weighted by atomic mass is 16.3. The van der Waals surface area contributed by atoms with Gasteiger partial charge in [0, 0.05) is 32.3 Å². The Morgan fingerprint density at radius 1 is 1.23 bits per heavy atom. The van der Waals surface area contributed by atoms with Crippen molar-refractivity contribution in [1.29, 1.82) is 0 Å². The highest BCUT2D eigenvalue weighted by Gasteiger charge is 2.23. The second-order valence-electron chi connectivity index (χ2n) is 3.86. The van der Waals surface area contributed by atoms with E-state index in [2.05, 4.69) is 4.90 Å². The summed E-state index contributed by atoms with van der Waals surface area (Å²) in [6, 6.07) is 0.205. The maximum Gasteiger partial charge on any atom is 0.0558 e. The number of nitrogens with zero attached hydrogens (tertiary/aromatic N) is 1. The van der Waals surface area contributed by atoms with Crippen molar-refractivity contribution in [3.05, 3.63) is 0 Å². The van der Waals surface area contributed by atoms with E-state index in [4.69, 9.17) is 15.9 Å². The number of hydrogen-bond acceptors (Lipinski definition) is 4. The van der Waals surface area contributed by atoms with Crippen molar-refractivity contribution < 1.29 is 10.2 Å². The fourth-order valence-corrected chi connectivity index (χ4v) is 2.06. The first-order valence-electron chi connectivity index (χ1n) is 4.96. The van der Waals surface area contributed by atoms with E-state index in [1.807, 2.05) is 0 Å². The highest BCUT2D eigenvalue weighted by Crippen LogP contribution is 2.18. The van der Waals surface area contributed by atoms with Crippen LogP contribution in [-0.4, -0.2) is 54.0 Å². The monoisotopic (exact) mass is 188 g/mol. The molecule has 4 heteroatoms. The first-order valence-corrected chi connectivity index (χ1v) is 4.96. The van der Waals surface area contributed by atoms with Crippen molar-refractivity contribution in [3.63, 3.8) is 0 Å². The summed E-state index contributed by atoms with van der Waals surface area (Å²) in [6.45, 7) is 2.98. The molecule has 1 aliphatic heterocycles. The summed E-state index contributed by atoms with van der Waals surface area (Å²) < 4.78 is 0. The molecule has 0 aliphatic carbocycles. The smallest absolute Gasteiger partial charge is 0.0558 e. The van der Waals surface area contributed by atoms with Gasteiger partial charge in [-0.15, -0.1) is 0 Å². The predicted molar refractivity (Wildman–Crippen MR) is 51.3 cm³/mol. The zero-order valence-electron chi connectivity index (χ0n) is 8.02. The normalized spacial score (nSPS) is 30.7. The molecule has 2 atom stereocenters. The van der Waals surface area contributed by atoms with Crippen molar-refractivity contribution in [2.75, 3.05) is 32.8 Å². The number of nitrogens with two attached hydrogens (primary N) is 1.